The van der Waals surface area contributed by atoms with Gasteiger partial charge in [0.05, 0.1) is 0 Å². The molecule has 0 aromatic carbocycles. The number of hydrogen-bond acceptors (Lipinski definition) is 1. The molecule has 15 heavy (non-hydrogen) atoms. The fourth-order valence-electron chi connectivity index (χ4n) is 1.62. The van der Waals surface area contributed by atoms with E-state index in [2.05, 4.69) is 23.1 Å². The molecule has 2 heteroatoms. The first-order valence-corrected chi connectivity index (χ1v) is 5.46. The van der Waals surface area contributed by atoms with Crippen LogP contribution in [0.1, 0.15) is 26.7 Å². The highest BCUT2D eigenvalue weighted by Gasteiger charge is 2.18. The third-order valence-electron chi connectivity index (χ3n) is 2.54. The highest BCUT2D eigenvalue weighted by atomic mass is 15.2. The summed E-state index contributed by atoms with van der Waals surface area (Å²) in [4.78, 5) is 6.74. The molecule has 0 aromatic rings. The van der Waals surface area contributed by atoms with Crippen LogP contribution in [-0.4, -0.2) is 23.8 Å². The SMILES string of the molecule is C=C(C)C(=C)C(=N/C=C\C)N1CCCC1. The molecular weight excluding hydrogens is 184 g/mol. The van der Waals surface area contributed by atoms with E-state index in [1.54, 1.807) is 0 Å². The minimum absolute atomic E-state index is 0.954. The van der Waals surface area contributed by atoms with E-state index in [0.717, 1.165) is 30.1 Å². The lowest BCUT2D eigenvalue weighted by atomic mass is 10.1. The Balaban J connectivity index is 2.86. The van der Waals surface area contributed by atoms with Crippen LogP contribution in [0.25, 0.3) is 0 Å². The van der Waals surface area contributed by atoms with Crippen molar-refractivity contribution in [3.63, 3.8) is 0 Å². The first-order chi connectivity index (χ1) is 7.16. The van der Waals surface area contributed by atoms with Gasteiger partial charge in [0.25, 0.3) is 0 Å². The average molecular weight is 204 g/mol. The summed E-state index contributed by atoms with van der Waals surface area (Å²) in [5.74, 6) is 0.984. The third-order valence-corrected chi connectivity index (χ3v) is 2.54. The molecule has 1 saturated heterocycles. The number of allylic oxidation sites excluding steroid dienone is 1. The average Bonchev–Trinajstić information content (AvgIpc) is 2.71. The Bertz CT molecular complexity index is 304. The fraction of sp³-hybridized carbons (Fsp3) is 0.462. The van der Waals surface area contributed by atoms with Gasteiger partial charge in [0, 0.05) is 24.9 Å². The zero-order valence-corrected chi connectivity index (χ0v) is 9.79. The molecule has 0 radical (unpaired) electrons. The summed E-state index contributed by atoms with van der Waals surface area (Å²) in [6, 6.07) is 0. The van der Waals surface area contributed by atoms with Crippen LogP contribution >= 0.6 is 0 Å². The highest BCUT2D eigenvalue weighted by Crippen LogP contribution is 2.16. The van der Waals surface area contributed by atoms with Crippen LogP contribution in [0.2, 0.25) is 0 Å². The molecule has 0 aromatic heterocycles. The van der Waals surface area contributed by atoms with Crippen molar-refractivity contribution >= 4 is 5.84 Å². The molecule has 1 aliphatic heterocycles. The van der Waals surface area contributed by atoms with Crippen molar-refractivity contribution in [3.8, 4) is 0 Å². The van der Waals surface area contributed by atoms with Crippen molar-refractivity contribution in [2.75, 3.05) is 13.1 Å². The summed E-state index contributed by atoms with van der Waals surface area (Å²) in [5.41, 5.74) is 1.94. The molecule has 82 valence electrons. The normalized spacial score (nSPS) is 17.5. The third kappa shape index (κ3) is 3.08. The molecule has 1 aliphatic rings. The van der Waals surface area contributed by atoms with Gasteiger partial charge in [-0.1, -0.05) is 19.2 Å². The lowest BCUT2D eigenvalue weighted by Gasteiger charge is -2.21. The zero-order valence-electron chi connectivity index (χ0n) is 9.79. The summed E-state index contributed by atoms with van der Waals surface area (Å²) in [7, 11) is 0. The van der Waals surface area contributed by atoms with E-state index in [9.17, 15) is 0 Å². The maximum atomic E-state index is 4.45. The van der Waals surface area contributed by atoms with E-state index in [0.29, 0.717) is 0 Å². The smallest absolute Gasteiger partial charge is 0.135 e. The second-order valence-corrected chi connectivity index (χ2v) is 3.89. The molecule has 1 heterocycles. The maximum Gasteiger partial charge on any atom is 0.135 e. The monoisotopic (exact) mass is 204 g/mol. The number of nitrogens with zero attached hydrogens (tertiary/aromatic N) is 2. The molecule has 1 fully saturated rings. The Morgan fingerprint density at radius 1 is 1.27 bits per heavy atom. The predicted molar refractivity (Wildman–Crippen MR) is 67.0 cm³/mol. The van der Waals surface area contributed by atoms with Crippen LogP contribution in [0.4, 0.5) is 0 Å². The molecule has 2 nitrogen and oxygen atoms in total. The first kappa shape index (κ1) is 11.8. The summed E-state index contributed by atoms with van der Waals surface area (Å²) in [6.45, 7) is 14.1. The summed E-state index contributed by atoms with van der Waals surface area (Å²) < 4.78 is 0. The van der Waals surface area contributed by atoms with Gasteiger partial charge in [-0.2, -0.15) is 0 Å². The molecular formula is C13H20N2. The van der Waals surface area contributed by atoms with Gasteiger partial charge in [-0.05, 0) is 32.3 Å². The Kier molecular flexibility index (Phi) is 4.35. The fourth-order valence-corrected chi connectivity index (χ4v) is 1.62. The molecule has 0 bridgehead atoms. The second-order valence-electron chi connectivity index (χ2n) is 3.89. The number of amidine groups is 1. The van der Waals surface area contributed by atoms with E-state index in [4.69, 9.17) is 0 Å². The minimum atomic E-state index is 0.954. The number of rotatable bonds is 3. The molecule has 0 N–H and O–H groups in total. The maximum absolute atomic E-state index is 4.45. The Morgan fingerprint density at radius 3 is 2.33 bits per heavy atom. The Hall–Kier alpha value is -1.31. The first-order valence-electron chi connectivity index (χ1n) is 5.46. The molecule has 0 aliphatic carbocycles. The molecule has 0 amide bonds. The Morgan fingerprint density at radius 2 is 1.87 bits per heavy atom. The zero-order chi connectivity index (χ0) is 11.3. The van der Waals surface area contributed by atoms with Crippen LogP contribution in [0.15, 0.2) is 41.6 Å². The summed E-state index contributed by atoms with van der Waals surface area (Å²) >= 11 is 0. The van der Waals surface area contributed by atoms with Gasteiger partial charge in [0.15, 0.2) is 0 Å². The molecule has 0 unspecified atom stereocenters. The van der Waals surface area contributed by atoms with E-state index in [1.807, 2.05) is 26.1 Å². The van der Waals surface area contributed by atoms with Crippen molar-refractivity contribution in [2.45, 2.75) is 26.7 Å². The topological polar surface area (TPSA) is 15.6 Å². The number of likely N-dealkylation sites (tertiary alicyclic amines) is 1. The lowest BCUT2D eigenvalue weighted by molar-refractivity contribution is 0.520. The lowest BCUT2D eigenvalue weighted by Crippen LogP contribution is -2.29. The van der Waals surface area contributed by atoms with Gasteiger partial charge in [0.2, 0.25) is 0 Å². The standard InChI is InChI=1S/C13H20N2/c1-5-8-14-13(12(4)11(2)3)15-9-6-7-10-15/h5,8H,2,4,6-7,9-10H2,1,3H3/b8-5-,14-13?. The van der Waals surface area contributed by atoms with Gasteiger partial charge >= 0.3 is 0 Å². The Labute approximate surface area is 92.7 Å². The van der Waals surface area contributed by atoms with Crippen molar-refractivity contribution in [2.24, 2.45) is 4.99 Å². The van der Waals surface area contributed by atoms with Crippen LogP contribution in [0, 0.1) is 0 Å². The summed E-state index contributed by atoms with van der Waals surface area (Å²) in [6.07, 6.45) is 6.25. The molecule has 0 saturated carbocycles. The van der Waals surface area contributed by atoms with Gasteiger partial charge < -0.3 is 4.90 Å². The molecule has 0 spiro atoms. The minimum Gasteiger partial charge on any atom is -0.356 e. The van der Waals surface area contributed by atoms with E-state index < -0.39 is 0 Å². The predicted octanol–water partition coefficient (Wildman–Crippen LogP) is 3.15. The van der Waals surface area contributed by atoms with Gasteiger partial charge in [0.1, 0.15) is 5.84 Å². The van der Waals surface area contributed by atoms with Crippen LogP contribution < -0.4 is 0 Å². The van der Waals surface area contributed by atoms with Crippen LogP contribution in [0.3, 0.4) is 0 Å². The van der Waals surface area contributed by atoms with Crippen molar-refractivity contribution in [1.29, 1.82) is 0 Å². The van der Waals surface area contributed by atoms with E-state index in [-0.39, 0.29) is 0 Å². The summed E-state index contributed by atoms with van der Waals surface area (Å²) in [5, 5.41) is 0. The second kappa shape index (κ2) is 5.54. The van der Waals surface area contributed by atoms with Crippen LogP contribution in [0.5, 0.6) is 0 Å². The van der Waals surface area contributed by atoms with Gasteiger partial charge in [-0.15, -0.1) is 0 Å². The van der Waals surface area contributed by atoms with Crippen molar-refractivity contribution < 1.29 is 0 Å². The molecule has 0 atom stereocenters. The van der Waals surface area contributed by atoms with E-state index in [1.165, 1.54) is 12.8 Å². The van der Waals surface area contributed by atoms with Crippen LogP contribution in [-0.2, 0) is 0 Å². The largest absolute Gasteiger partial charge is 0.356 e. The van der Waals surface area contributed by atoms with Gasteiger partial charge in [-0.25, -0.2) is 4.99 Å². The molecule has 1 rings (SSSR count). The number of aliphatic imine (C=N–C) groups is 1. The quantitative estimate of drug-likeness (QED) is 0.392. The highest BCUT2D eigenvalue weighted by molar-refractivity contribution is 6.01. The van der Waals surface area contributed by atoms with Gasteiger partial charge in [-0.3, -0.25) is 0 Å². The number of hydrogen-bond donors (Lipinski definition) is 0. The van der Waals surface area contributed by atoms with Crippen molar-refractivity contribution in [3.05, 3.63) is 36.6 Å². The van der Waals surface area contributed by atoms with Crippen molar-refractivity contribution in [1.82, 2.24) is 4.90 Å². The van der Waals surface area contributed by atoms with E-state index >= 15 is 0 Å².